The zero-order valence-corrected chi connectivity index (χ0v) is 10.3. The summed E-state index contributed by atoms with van der Waals surface area (Å²) < 4.78 is 12.8. The molecule has 3 unspecified atom stereocenters. The van der Waals surface area contributed by atoms with Gasteiger partial charge >= 0.3 is 0 Å². The van der Waals surface area contributed by atoms with E-state index >= 15 is 0 Å². The predicted octanol–water partition coefficient (Wildman–Crippen LogP) is 2.21. The van der Waals surface area contributed by atoms with Gasteiger partial charge in [0.05, 0.1) is 15.7 Å². The van der Waals surface area contributed by atoms with Crippen LogP contribution in [0.3, 0.4) is 0 Å². The lowest BCUT2D eigenvalue weighted by molar-refractivity contribution is 0.496. The molecule has 2 rings (SSSR count). The van der Waals surface area contributed by atoms with E-state index in [1.807, 2.05) is 25.1 Å². The molecule has 4 heteroatoms. The molecule has 0 saturated carbocycles. The second-order valence-electron chi connectivity index (χ2n) is 3.67. The number of nitrogens with two attached hydrogens (primary N) is 1. The van der Waals surface area contributed by atoms with Gasteiger partial charge in [-0.1, -0.05) is 19.1 Å². The molecule has 76 valence electrons. The average molecular weight is 274 g/mol. The minimum Gasteiger partial charge on any atom is -0.324 e. The van der Waals surface area contributed by atoms with Crippen LogP contribution in [0.2, 0.25) is 0 Å². The molecule has 0 saturated heterocycles. The molecule has 2 N–H and O–H groups in total. The molecule has 0 radical (unpaired) electrons. The monoisotopic (exact) mass is 273 g/mol. The highest BCUT2D eigenvalue weighted by atomic mass is 79.9. The third-order valence-corrected chi connectivity index (χ3v) is 5.27. The number of fused-ring (bicyclic) bond motifs is 1. The predicted molar refractivity (Wildman–Crippen MR) is 61.5 cm³/mol. The summed E-state index contributed by atoms with van der Waals surface area (Å²) in [6.07, 6.45) is 0. The maximum atomic E-state index is 11.9. The van der Waals surface area contributed by atoms with Gasteiger partial charge in [0.25, 0.3) is 0 Å². The first-order chi connectivity index (χ1) is 6.61. The van der Waals surface area contributed by atoms with Crippen LogP contribution in [0.1, 0.15) is 18.5 Å². The maximum absolute atomic E-state index is 11.9. The van der Waals surface area contributed by atoms with Crippen molar-refractivity contribution >= 4 is 26.7 Å². The second-order valence-corrected chi connectivity index (χ2v) is 5.96. The van der Waals surface area contributed by atoms with Crippen molar-refractivity contribution in [2.45, 2.75) is 17.9 Å². The second kappa shape index (κ2) is 3.76. The lowest BCUT2D eigenvalue weighted by Crippen LogP contribution is -2.30. The van der Waals surface area contributed by atoms with Crippen molar-refractivity contribution in [1.82, 2.24) is 0 Å². The highest BCUT2D eigenvalue weighted by Gasteiger charge is 2.29. The van der Waals surface area contributed by atoms with E-state index in [1.54, 1.807) is 0 Å². The zero-order valence-electron chi connectivity index (χ0n) is 7.87. The zero-order chi connectivity index (χ0) is 10.3. The van der Waals surface area contributed by atoms with Gasteiger partial charge < -0.3 is 5.73 Å². The number of benzene rings is 1. The van der Waals surface area contributed by atoms with Gasteiger partial charge in [0.2, 0.25) is 0 Å². The van der Waals surface area contributed by atoms with E-state index in [4.69, 9.17) is 5.73 Å². The van der Waals surface area contributed by atoms with Crippen molar-refractivity contribution in [2.24, 2.45) is 11.7 Å². The molecule has 0 amide bonds. The molecular formula is C10H12BrNOS. The van der Waals surface area contributed by atoms with Crippen molar-refractivity contribution in [2.75, 3.05) is 5.75 Å². The Kier molecular flexibility index (Phi) is 2.77. The molecule has 0 aromatic heterocycles. The van der Waals surface area contributed by atoms with E-state index in [1.165, 1.54) is 0 Å². The van der Waals surface area contributed by atoms with E-state index in [0.29, 0.717) is 5.75 Å². The minimum absolute atomic E-state index is 0.0141. The minimum atomic E-state index is -0.904. The Balaban J connectivity index is 2.61. The van der Waals surface area contributed by atoms with Crippen LogP contribution < -0.4 is 5.73 Å². The Bertz CT molecular complexity index is 394. The maximum Gasteiger partial charge on any atom is 0.0577 e. The van der Waals surface area contributed by atoms with E-state index < -0.39 is 10.8 Å². The summed E-state index contributed by atoms with van der Waals surface area (Å²) in [7, 11) is -0.904. The third kappa shape index (κ3) is 1.55. The van der Waals surface area contributed by atoms with Gasteiger partial charge in [-0.05, 0) is 33.5 Å². The van der Waals surface area contributed by atoms with Gasteiger partial charge in [-0.15, -0.1) is 0 Å². The molecule has 1 aliphatic rings. The summed E-state index contributed by atoms with van der Waals surface area (Å²) in [6.45, 7) is 2.05. The first-order valence-electron chi connectivity index (χ1n) is 4.53. The highest BCUT2D eigenvalue weighted by molar-refractivity contribution is 9.10. The fourth-order valence-electron chi connectivity index (χ4n) is 1.76. The fourth-order valence-corrected chi connectivity index (χ4v) is 4.29. The van der Waals surface area contributed by atoms with E-state index in [9.17, 15) is 4.21 Å². The van der Waals surface area contributed by atoms with E-state index in [-0.39, 0.29) is 12.0 Å². The summed E-state index contributed by atoms with van der Waals surface area (Å²) in [6, 6.07) is 5.84. The largest absolute Gasteiger partial charge is 0.324 e. The van der Waals surface area contributed by atoms with Crippen LogP contribution in [-0.4, -0.2) is 9.96 Å². The molecule has 0 spiro atoms. The lowest BCUT2D eigenvalue weighted by atomic mass is 9.96. The van der Waals surface area contributed by atoms with Gasteiger partial charge in [-0.25, -0.2) is 0 Å². The lowest BCUT2D eigenvalue weighted by Gasteiger charge is -2.28. The normalized spacial score (nSPS) is 31.2. The van der Waals surface area contributed by atoms with Crippen LogP contribution in [0.5, 0.6) is 0 Å². The third-order valence-electron chi connectivity index (χ3n) is 2.61. The Hall–Kier alpha value is -0.190. The van der Waals surface area contributed by atoms with Gasteiger partial charge in [0, 0.05) is 16.3 Å². The van der Waals surface area contributed by atoms with Crippen LogP contribution >= 0.6 is 15.9 Å². The van der Waals surface area contributed by atoms with Crippen molar-refractivity contribution in [3.63, 3.8) is 0 Å². The SMILES string of the molecule is CC1CS(=O)c2c(Br)cccc2C1N. The van der Waals surface area contributed by atoms with Crippen LogP contribution in [0.15, 0.2) is 27.6 Å². The molecular weight excluding hydrogens is 262 g/mol. The van der Waals surface area contributed by atoms with Crippen molar-refractivity contribution < 1.29 is 4.21 Å². The number of halogens is 1. The molecule has 3 atom stereocenters. The van der Waals surface area contributed by atoms with Crippen LogP contribution in [0, 0.1) is 5.92 Å². The van der Waals surface area contributed by atoms with Crippen molar-refractivity contribution in [3.05, 3.63) is 28.2 Å². The van der Waals surface area contributed by atoms with Crippen molar-refractivity contribution in [3.8, 4) is 0 Å². The summed E-state index contributed by atoms with van der Waals surface area (Å²) in [5.41, 5.74) is 7.09. The highest BCUT2D eigenvalue weighted by Crippen LogP contribution is 2.36. The van der Waals surface area contributed by atoms with Gasteiger partial charge in [-0.2, -0.15) is 0 Å². The summed E-state index contributed by atoms with van der Waals surface area (Å²) in [4.78, 5) is 0.887. The Morgan fingerprint density at radius 3 is 3.00 bits per heavy atom. The Morgan fingerprint density at radius 1 is 1.57 bits per heavy atom. The molecule has 14 heavy (non-hydrogen) atoms. The molecule has 0 bridgehead atoms. The van der Waals surface area contributed by atoms with Gasteiger partial charge in [-0.3, -0.25) is 4.21 Å². The number of hydrogen-bond acceptors (Lipinski definition) is 2. The topological polar surface area (TPSA) is 43.1 Å². The number of hydrogen-bond donors (Lipinski definition) is 1. The van der Waals surface area contributed by atoms with Crippen LogP contribution in [-0.2, 0) is 10.8 Å². The summed E-state index contributed by atoms with van der Waals surface area (Å²) in [5, 5.41) is 0. The molecule has 0 aliphatic carbocycles. The van der Waals surface area contributed by atoms with Gasteiger partial charge in [0.1, 0.15) is 0 Å². The first-order valence-corrected chi connectivity index (χ1v) is 6.65. The smallest absolute Gasteiger partial charge is 0.0577 e. The standard InChI is InChI=1S/C10H12BrNOS/c1-6-5-14(13)10-7(9(6)12)3-2-4-8(10)11/h2-4,6,9H,5,12H2,1H3. The first kappa shape index (κ1) is 10.3. The van der Waals surface area contributed by atoms with Crippen molar-refractivity contribution in [1.29, 1.82) is 0 Å². The molecule has 1 aliphatic heterocycles. The van der Waals surface area contributed by atoms with Crippen LogP contribution in [0.4, 0.5) is 0 Å². The Labute approximate surface area is 94.5 Å². The van der Waals surface area contributed by atoms with E-state index in [0.717, 1.165) is 14.9 Å². The average Bonchev–Trinajstić information content (AvgIpc) is 2.14. The molecule has 1 aromatic carbocycles. The van der Waals surface area contributed by atoms with E-state index in [2.05, 4.69) is 15.9 Å². The molecule has 2 nitrogen and oxygen atoms in total. The summed E-state index contributed by atoms with van der Waals surface area (Å²) >= 11 is 3.42. The van der Waals surface area contributed by atoms with Gasteiger partial charge in [0.15, 0.2) is 0 Å². The molecule has 0 fully saturated rings. The summed E-state index contributed by atoms with van der Waals surface area (Å²) in [5.74, 6) is 0.953. The number of rotatable bonds is 0. The molecule has 1 aromatic rings. The molecule has 1 heterocycles. The fraction of sp³-hybridized carbons (Fsp3) is 0.400. The quantitative estimate of drug-likeness (QED) is 0.788. The Morgan fingerprint density at radius 2 is 2.29 bits per heavy atom. The van der Waals surface area contributed by atoms with Crippen LogP contribution in [0.25, 0.3) is 0 Å².